The molecule has 2 rings (SSSR count). The van der Waals surface area contributed by atoms with Crippen LogP contribution in [0.4, 0.5) is 4.79 Å². The summed E-state index contributed by atoms with van der Waals surface area (Å²) >= 11 is 0. The van der Waals surface area contributed by atoms with E-state index in [1.54, 1.807) is 0 Å². The lowest BCUT2D eigenvalue weighted by Crippen LogP contribution is -2.48. The number of rotatable bonds is 4. The first-order valence-electron chi connectivity index (χ1n) is 6.77. The van der Waals surface area contributed by atoms with Crippen LogP contribution in [0.3, 0.4) is 0 Å². The number of urea groups is 1. The summed E-state index contributed by atoms with van der Waals surface area (Å²) in [6.45, 7) is 2.88. The van der Waals surface area contributed by atoms with E-state index in [1.165, 1.54) is 13.8 Å². The summed E-state index contributed by atoms with van der Waals surface area (Å²) < 4.78 is 5.60. The van der Waals surface area contributed by atoms with Crippen LogP contribution in [0.25, 0.3) is 0 Å². The molecule has 20 heavy (non-hydrogen) atoms. The molecule has 0 aromatic carbocycles. The lowest BCUT2D eigenvalue weighted by Gasteiger charge is -2.21. The maximum atomic E-state index is 11.7. The van der Waals surface area contributed by atoms with Crippen molar-refractivity contribution < 1.29 is 24.2 Å². The van der Waals surface area contributed by atoms with Crippen LogP contribution in [0.15, 0.2) is 0 Å². The molecule has 3 N–H and O–H groups in total. The van der Waals surface area contributed by atoms with Gasteiger partial charge in [0.15, 0.2) is 0 Å². The molecule has 3 atom stereocenters. The molecule has 2 heterocycles. The number of imide groups is 1. The quantitative estimate of drug-likeness (QED) is 0.702. The number of nitrogens with one attached hydrogen (secondary N) is 2. The summed E-state index contributed by atoms with van der Waals surface area (Å²) in [5.41, 5.74) is -1.19. The molecule has 0 aliphatic carbocycles. The molecule has 0 aromatic heterocycles. The summed E-state index contributed by atoms with van der Waals surface area (Å²) in [6, 6.07) is -0.647. The van der Waals surface area contributed by atoms with Crippen LogP contribution in [0, 0.1) is 5.41 Å². The number of hydrogen-bond acceptors (Lipinski definition) is 4. The molecule has 112 valence electrons. The zero-order valence-corrected chi connectivity index (χ0v) is 11.6. The monoisotopic (exact) mass is 284 g/mol. The zero-order valence-electron chi connectivity index (χ0n) is 11.6. The summed E-state index contributed by atoms with van der Waals surface area (Å²) in [7, 11) is 0. The molecule has 0 radical (unpaired) electrons. The van der Waals surface area contributed by atoms with Crippen molar-refractivity contribution in [3.63, 3.8) is 0 Å². The Kier molecular flexibility index (Phi) is 3.99. The van der Waals surface area contributed by atoms with E-state index in [1.807, 2.05) is 0 Å². The van der Waals surface area contributed by atoms with Crippen molar-refractivity contribution in [2.24, 2.45) is 5.41 Å². The Morgan fingerprint density at radius 2 is 2.00 bits per heavy atom. The van der Waals surface area contributed by atoms with Gasteiger partial charge in [-0.15, -0.1) is 0 Å². The molecule has 0 aromatic rings. The van der Waals surface area contributed by atoms with E-state index >= 15 is 0 Å². The van der Waals surface area contributed by atoms with Gasteiger partial charge in [0.05, 0.1) is 23.7 Å². The van der Waals surface area contributed by atoms with Crippen LogP contribution >= 0.6 is 0 Å². The summed E-state index contributed by atoms with van der Waals surface area (Å²) in [5, 5.41) is 13.8. The number of carboxylic acid groups (broad SMARTS) is 1. The van der Waals surface area contributed by atoms with Crippen molar-refractivity contribution in [1.29, 1.82) is 0 Å². The molecule has 3 unspecified atom stereocenters. The van der Waals surface area contributed by atoms with Crippen LogP contribution < -0.4 is 10.6 Å². The van der Waals surface area contributed by atoms with E-state index in [-0.39, 0.29) is 24.7 Å². The SMILES string of the molecule is CC(C)(CC(=O)NC(=O)NC1CC2CCC1O2)C(=O)O. The fourth-order valence-corrected chi connectivity index (χ4v) is 2.64. The van der Waals surface area contributed by atoms with Crippen LogP contribution in [-0.2, 0) is 14.3 Å². The molecule has 2 aliphatic heterocycles. The van der Waals surface area contributed by atoms with E-state index in [4.69, 9.17) is 9.84 Å². The second-order valence-electron chi connectivity index (χ2n) is 6.10. The highest BCUT2D eigenvalue weighted by Gasteiger charge is 2.41. The van der Waals surface area contributed by atoms with Gasteiger partial charge in [0.1, 0.15) is 0 Å². The maximum absolute atomic E-state index is 11.7. The Hall–Kier alpha value is -1.63. The number of carboxylic acids is 1. The normalized spacial score (nSPS) is 28.2. The van der Waals surface area contributed by atoms with E-state index in [0.717, 1.165) is 19.3 Å². The Balaban J connectivity index is 1.77. The third kappa shape index (κ3) is 3.27. The number of ether oxygens (including phenoxy) is 1. The fourth-order valence-electron chi connectivity index (χ4n) is 2.64. The first-order valence-corrected chi connectivity index (χ1v) is 6.77. The predicted octanol–water partition coefficient (Wildman–Crippen LogP) is 0.633. The van der Waals surface area contributed by atoms with Gasteiger partial charge in [0, 0.05) is 6.42 Å². The number of hydrogen-bond donors (Lipinski definition) is 3. The summed E-state index contributed by atoms with van der Waals surface area (Å²) in [5.74, 6) is -1.67. The molecule has 7 heteroatoms. The topological polar surface area (TPSA) is 105 Å². The van der Waals surface area contributed by atoms with Gasteiger partial charge in [-0.2, -0.15) is 0 Å². The van der Waals surface area contributed by atoms with Crippen LogP contribution in [0.1, 0.15) is 39.5 Å². The van der Waals surface area contributed by atoms with Gasteiger partial charge in [-0.05, 0) is 33.1 Å². The van der Waals surface area contributed by atoms with Gasteiger partial charge in [-0.25, -0.2) is 4.79 Å². The van der Waals surface area contributed by atoms with Crippen molar-refractivity contribution in [3.05, 3.63) is 0 Å². The zero-order chi connectivity index (χ0) is 14.9. The first kappa shape index (κ1) is 14.8. The average molecular weight is 284 g/mol. The Labute approximate surface area is 117 Å². The highest BCUT2D eigenvalue weighted by Crippen LogP contribution is 2.34. The second-order valence-corrected chi connectivity index (χ2v) is 6.10. The number of aliphatic carboxylic acids is 1. The van der Waals surface area contributed by atoms with E-state index in [9.17, 15) is 14.4 Å². The molecule has 3 amide bonds. The van der Waals surface area contributed by atoms with Gasteiger partial charge >= 0.3 is 12.0 Å². The standard InChI is InChI=1S/C13H20N2O5/c1-13(2,11(17)18)6-10(16)15-12(19)14-8-5-7-3-4-9(8)20-7/h7-9H,3-6H2,1-2H3,(H,17,18)(H2,14,15,16,19). The lowest BCUT2D eigenvalue weighted by molar-refractivity contribution is -0.149. The van der Waals surface area contributed by atoms with Crippen molar-refractivity contribution in [1.82, 2.24) is 10.6 Å². The third-order valence-electron chi connectivity index (χ3n) is 3.86. The van der Waals surface area contributed by atoms with Crippen molar-refractivity contribution >= 4 is 17.9 Å². The average Bonchev–Trinajstić information content (AvgIpc) is 2.88. The van der Waals surface area contributed by atoms with Crippen molar-refractivity contribution in [2.75, 3.05) is 0 Å². The van der Waals surface area contributed by atoms with Gasteiger partial charge in [0.2, 0.25) is 5.91 Å². The van der Waals surface area contributed by atoms with Crippen LogP contribution in [0.2, 0.25) is 0 Å². The van der Waals surface area contributed by atoms with Crippen molar-refractivity contribution in [2.45, 2.75) is 57.8 Å². The lowest BCUT2D eigenvalue weighted by atomic mass is 9.89. The molecular formula is C13H20N2O5. The third-order valence-corrected chi connectivity index (χ3v) is 3.86. The highest BCUT2D eigenvalue weighted by atomic mass is 16.5. The molecule has 2 saturated heterocycles. The maximum Gasteiger partial charge on any atom is 0.321 e. The van der Waals surface area contributed by atoms with Crippen molar-refractivity contribution in [3.8, 4) is 0 Å². The number of carbonyl (C=O) groups is 3. The molecule has 7 nitrogen and oxygen atoms in total. The molecule has 0 spiro atoms. The van der Waals surface area contributed by atoms with Crippen LogP contribution in [-0.4, -0.2) is 41.3 Å². The minimum atomic E-state index is -1.19. The highest BCUT2D eigenvalue weighted by molar-refractivity contribution is 5.96. The number of carbonyl (C=O) groups excluding carboxylic acids is 2. The van der Waals surface area contributed by atoms with Gasteiger partial charge in [-0.1, -0.05) is 0 Å². The van der Waals surface area contributed by atoms with E-state index in [0.29, 0.717) is 0 Å². The van der Waals surface area contributed by atoms with Gasteiger partial charge in [-0.3, -0.25) is 14.9 Å². The molecule has 2 aliphatic rings. The van der Waals surface area contributed by atoms with E-state index < -0.39 is 23.3 Å². The van der Waals surface area contributed by atoms with E-state index in [2.05, 4.69) is 10.6 Å². The second kappa shape index (κ2) is 5.40. The van der Waals surface area contributed by atoms with Gasteiger partial charge < -0.3 is 15.2 Å². The predicted molar refractivity (Wildman–Crippen MR) is 69.0 cm³/mol. The minimum absolute atomic E-state index is 0.0383. The summed E-state index contributed by atoms with van der Waals surface area (Å²) in [4.78, 5) is 34.2. The van der Waals surface area contributed by atoms with Crippen LogP contribution in [0.5, 0.6) is 0 Å². The smallest absolute Gasteiger partial charge is 0.321 e. The largest absolute Gasteiger partial charge is 0.481 e. The fraction of sp³-hybridized carbons (Fsp3) is 0.769. The Morgan fingerprint density at radius 3 is 2.50 bits per heavy atom. The van der Waals surface area contributed by atoms with Gasteiger partial charge in [0.25, 0.3) is 0 Å². The summed E-state index contributed by atoms with van der Waals surface area (Å²) in [6.07, 6.45) is 2.73. The Morgan fingerprint density at radius 1 is 1.30 bits per heavy atom. The minimum Gasteiger partial charge on any atom is -0.481 e. The molecule has 0 saturated carbocycles. The molecular weight excluding hydrogens is 264 g/mol. The molecule has 2 fully saturated rings. The number of fused-ring (bicyclic) bond motifs is 2. The Bertz CT molecular complexity index is 434. The number of amides is 3. The molecule has 2 bridgehead atoms. The first-order chi connectivity index (χ1) is 9.28.